The molecule has 2 atom stereocenters. The van der Waals surface area contributed by atoms with Crippen molar-refractivity contribution in [3.63, 3.8) is 0 Å². The van der Waals surface area contributed by atoms with Crippen LogP contribution in [0.3, 0.4) is 0 Å². The maximum Gasteiger partial charge on any atom is 0.338 e. The summed E-state index contributed by atoms with van der Waals surface area (Å²) in [7, 11) is 0. The molecule has 0 unspecified atom stereocenters. The van der Waals surface area contributed by atoms with E-state index in [9.17, 15) is 14.4 Å². The second-order valence-electron chi connectivity index (χ2n) is 6.33. The van der Waals surface area contributed by atoms with E-state index in [0.29, 0.717) is 34.1 Å². The number of carbonyl (C=O) groups excluding carboxylic acids is 1. The number of rotatable bonds is 5. The van der Waals surface area contributed by atoms with Gasteiger partial charge in [0.1, 0.15) is 0 Å². The first-order chi connectivity index (χ1) is 11.5. The lowest BCUT2D eigenvalue weighted by Gasteiger charge is -2.11. The average molecular weight is 328 g/mol. The van der Waals surface area contributed by atoms with Crippen LogP contribution in [0.2, 0.25) is 0 Å². The smallest absolute Gasteiger partial charge is 0.338 e. The van der Waals surface area contributed by atoms with Crippen molar-refractivity contribution in [3.8, 4) is 0 Å². The van der Waals surface area contributed by atoms with Gasteiger partial charge in [0.05, 0.1) is 0 Å². The molecule has 0 saturated heterocycles. The Bertz CT molecular complexity index is 867. The van der Waals surface area contributed by atoms with E-state index >= 15 is 0 Å². The maximum atomic E-state index is 12.6. The lowest BCUT2D eigenvalue weighted by molar-refractivity contribution is 0.0948. The molecule has 0 bridgehead atoms. The van der Waals surface area contributed by atoms with Crippen LogP contribution in [0, 0.1) is 18.8 Å². The normalized spacial score (nSPS) is 19.2. The minimum Gasteiger partial charge on any atom is -0.396 e. The SMILES string of the molecule is Cc1cn(C[C@@H]2C[C@@H]2CCO)c(=O)n(C(=O)c2ccccc2)c1=O. The third kappa shape index (κ3) is 3.10. The molecule has 1 aromatic carbocycles. The van der Waals surface area contributed by atoms with E-state index in [1.807, 2.05) is 0 Å². The van der Waals surface area contributed by atoms with Gasteiger partial charge >= 0.3 is 5.69 Å². The Morgan fingerprint density at radius 1 is 1.21 bits per heavy atom. The molecule has 0 spiro atoms. The number of carbonyl (C=O) groups is 1. The van der Waals surface area contributed by atoms with E-state index in [0.717, 1.165) is 12.8 Å². The van der Waals surface area contributed by atoms with Crippen molar-refractivity contribution in [3.05, 3.63) is 68.5 Å². The van der Waals surface area contributed by atoms with Crippen molar-refractivity contribution >= 4 is 5.91 Å². The zero-order chi connectivity index (χ0) is 17.3. The van der Waals surface area contributed by atoms with E-state index in [1.165, 1.54) is 10.8 Å². The summed E-state index contributed by atoms with van der Waals surface area (Å²) in [5, 5.41) is 8.98. The molecule has 2 aromatic rings. The summed E-state index contributed by atoms with van der Waals surface area (Å²) < 4.78 is 2.16. The molecule has 1 aliphatic carbocycles. The minimum absolute atomic E-state index is 0.140. The number of benzene rings is 1. The average Bonchev–Trinajstić information content (AvgIpc) is 3.31. The molecular formula is C18H20N2O4. The lowest BCUT2D eigenvalue weighted by Crippen LogP contribution is -2.44. The van der Waals surface area contributed by atoms with Gasteiger partial charge in [-0.3, -0.25) is 14.2 Å². The molecule has 3 rings (SSSR count). The van der Waals surface area contributed by atoms with Crippen molar-refractivity contribution in [1.82, 2.24) is 9.13 Å². The van der Waals surface area contributed by atoms with Crippen LogP contribution < -0.4 is 11.2 Å². The fourth-order valence-corrected chi connectivity index (χ4v) is 3.06. The first-order valence-electron chi connectivity index (χ1n) is 8.06. The van der Waals surface area contributed by atoms with Crippen LogP contribution in [0.4, 0.5) is 0 Å². The van der Waals surface area contributed by atoms with Gasteiger partial charge in [0.25, 0.3) is 11.5 Å². The van der Waals surface area contributed by atoms with Gasteiger partial charge in [-0.1, -0.05) is 18.2 Å². The van der Waals surface area contributed by atoms with Gasteiger partial charge in [-0.2, -0.15) is 4.57 Å². The molecule has 1 aliphatic rings. The molecule has 0 aliphatic heterocycles. The second-order valence-corrected chi connectivity index (χ2v) is 6.33. The molecule has 24 heavy (non-hydrogen) atoms. The highest BCUT2D eigenvalue weighted by Gasteiger charge is 2.36. The highest BCUT2D eigenvalue weighted by atomic mass is 16.3. The van der Waals surface area contributed by atoms with Crippen LogP contribution in [-0.2, 0) is 6.54 Å². The number of hydrogen-bond acceptors (Lipinski definition) is 4. The summed E-state index contributed by atoms with van der Waals surface area (Å²) in [5.74, 6) is 0.116. The topological polar surface area (TPSA) is 81.3 Å². The van der Waals surface area contributed by atoms with Crippen LogP contribution in [-0.4, -0.2) is 26.8 Å². The molecule has 0 radical (unpaired) electrons. The number of hydrogen-bond donors (Lipinski definition) is 1. The highest BCUT2D eigenvalue weighted by Crippen LogP contribution is 2.41. The summed E-state index contributed by atoms with van der Waals surface area (Å²) in [6, 6.07) is 8.31. The van der Waals surface area contributed by atoms with E-state index in [-0.39, 0.29) is 6.61 Å². The van der Waals surface area contributed by atoms with Crippen LogP contribution >= 0.6 is 0 Å². The minimum atomic E-state index is -0.606. The van der Waals surface area contributed by atoms with Gasteiger partial charge in [0, 0.05) is 30.5 Å². The van der Waals surface area contributed by atoms with Crippen molar-refractivity contribution in [2.45, 2.75) is 26.3 Å². The van der Waals surface area contributed by atoms with Crippen molar-refractivity contribution in [2.24, 2.45) is 11.8 Å². The Hall–Kier alpha value is -2.47. The van der Waals surface area contributed by atoms with Gasteiger partial charge in [-0.15, -0.1) is 0 Å². The van der Waals surface area contributed by atoms with E-state index in [1.54, 1.807) is 37.3 Å². The first kappa shape index (κ1) is 16.4. The monoisotopic (exact) mass is 328 g/mol. The van der Waals surface area contributed by atoms with Gasteiger partial charge < -0.3 is 5.11 Å². The van der Waals surface area contributed by atoms with E-state index in [4.69, 9.17) is 5.11 Å². The van der Waals surface area contributed by atoms with Gasteiger partial charge in [0.15, 0.2) is 0 Å². The van der Waals surface area contributed by atoms with Crippen LogP contribution in [0.5, 0.6) is 0 Å². The molecular weight excluding hydrogens is 308 g/mol. The third-order valence-corrected chi connectivity index (χ3v) is 4.55. The van der Waals surface area contributed by atoms with Crippen molar-refractivity contribution < 1.29 is 9.90 Å². The molecule has 1 saturated carbocycles. The fraction of sp³-hybridized carbons (Fsp3) is 0.389. The molecule has 6 nitrogen and oxygen atoms in total. The quantitative estimate of drug-likeness (QED) is 0.889. The van der Waals surface area contributed by atoms with Crippen molar-refractivity contribution in [2.75, 3.05) is 6.61 Å². The predicted octanol–water partition coefficient (Wildman–Crippen LogP) is 1.03. The molecule has 1 N–H and O–H groups in total. The molecule has 1 aromatic heterocycles. The highest BCUT2D eigenvalue weighted by molar-refractivity contribution is 5.95. The standard InChI is InChI=1S/C18H20N2O4/c1-12-10-19(11-15-9-14(15)7-8-21)18(24)20(16(12)22)17(23)13-5-3-2-4-6-13/h2-6,10,14-15,21H,7-9,11H2,1H3/t14-,15-/m0/s1. The number of aromatic nitrogens is 2. The molecule has 1 fully saturated rings. The summed E-state index contributed by atoms with van der Waals surface area (Å²) in [4.78, 5) is 37.5. The summed E-state index contributed by atoms with van der Waals surface area (Å²) >= 11 is 0. The third-order valence-electron chi connectivity index (χ3n) is 4.55. The van der Waals surface area contributed by atoms with Gasteiger partial charge in [0.2, 0.25) is 0 Å². The van der Waals surface area contributed by atoms with Gasteiger partial charge in [-0.25, -0.2) is 4.79 Å². The lowest BCUT2D eigenvalue weighted by atomic mass is 10.2. The van der Waals surface area contributed by atoms with Crippen molar-refractivity contribution in [1.29, 1.82) is 0 Å². The zero-order valence-corrected chi connectivity index (χ0v) is 13.5. The Morgan fingerprint density at radius 2 is 1.92 bits per heavy atom. The Morgan fingerprint density at radius 3 is 2.58 bits per heavy atom. The first-order valence-corrected chi connectivity index (χ1v) is 8.06. The Kier molecular flexibility index (Phi) is 4.49. The number of aliphatic hydroxyl groups is 1. The largest absolute Gasteiger partial charge is 0.396 e. The summed E-state index contributed by atoms with van der Waals surface area (Å²) in [6.07, 6.45) is 3.20. The molecule has 0 amide bonds. The maximum absolute atomic E-state index is 12.6. The zero-order valence-electron chi connectivity index (χ0n) is 13.5. The van der Waals surface area contributed by atoms with Crippen LogP contribution in [0.25, 0.3) is 0 Å². The molecule has 126 valence electrons. The second kappa shape index (κ2) is 6.57. The number of aliphatic hydroxyl groups excluding tert-OH is 1. The Balaban J connectivity index is 1.96. The molecule has 6 heteroatoms. The van der Waals surface area contributed by atoms with Crippen LogP contribution in [0.1, 0.15) is 28.8 Å². The van der Waals surface area contributed by atoms with Gasteiger partial charge in [-0.05, 0) is 43.7 Å². The summed E-state index contributed by atoms with van der Waals surface area (Å²) in [5.41, 5.74) is -0.515. The van der Waals surface area contributed by atoms with E-state index in [2.05, 4.69) is 0 Å². The fourth-order valence-electron chi connectivity index (χ4n) is 3.06. The number of aryl methyl sites for hydroxylation is 1. The van der Waals surface area contributed by atoms with Crippen LogP contribution in [0.15, 0.2) is 46.1 Å². The molecule has 1 heterocycles. The van der Waals surface area contributed by atoms with E-state index < -0.39 is 17.2 Å². The predicted molar refractivity (Wildman–Crippen MR) is 89.2 cm³/mol. The Labute approximate surface area is 139 Å². The summed E-state index contributed by atoms with van der Waals surface area (Å²) in [6.45, 7) is 2.21. The number of nitrogens with zero attached hydrogens (tertiary/aromatic N) is 2.